The second-order valence-electron chi connectivity index (χ2n) is 5.38. The summed E-state index contributed by atoms with van der Waals surface area (Å²) in [6.07, 6.45) is 7.77. The molecule has 100 valence electrons. The molecule has 1 aliphatic rings. The van der Waals surface area contributed by atoms with Crippen LogP contribution in [0.4, 0.5) is 0 Å². The Bertz CT molecular complexity index is 587. The van der Waals surface area contributed by atoms with Crippen LogP contribution in [0.15, 0.2) is 24.3 Å². The van der Waals surface area contributed by atoms with E-state index in [1.165, 1.54) is 38.5 Å². The molecule has 0 bridgehead atoms. The predicted molar refractivity (Wildman–Crippen MR) is 82.2 cm³/mol. The lowest BCUT2D eigenvalue weighted by atomic mass is 9.95. The van der Waals surface area contributed by atoms with E-state index in [0.717, 1.165) is 21.6 Å². The fraction of sp³-hybridized carbons (Fsp3) is 0.438. The van der Waals surface area contributed by atoms with Crippen LogP contribution in [0, 0.1) is 0 Å². The average molecular weight is 294 g/mol. The van der Waals surface area contributed by atoms with Crippen molar-refractivity contribution in [2.45, 2.75) is 44.4 Å². The SMILES string of the molecule is Clc1ccc2c(Cl)cc(C3CCCCCC3)nc2c1. The first kappa shape index (κ1) is 13.2. The van der Waals surface area contributed by atoms with Gasteiger partial charge >= 0.3 is 0 Å². The van der Waals surface area contributed by atoms with Crippen LogP contribution in [-0.4, -0.2) is 4.98 Å². The molecule has 3 heteroatoms. The zero-order chi connectivity index (χ0) is 13.2. The van der Waals surface area contributed by atoms with Crippen molar-refractivity contribution < 1.29 is 0 Å². The first-order chi connectivity index (χ1) is 9.24. The van der Waals surface area contributed by atoms with Crippen molar-refractivity contribution in [1.82, 2.24) is 4.98 Å². The molecule has 0 radical (unpaired) electrons. The molecular weight excluding hydrogens is 277 g/mol. The van der Waals surface area contributed by atoms with E-state index < -0.39 is 0 Å². The summed E-state index contributed by atoms with van der Waals surface area (Å²) in [5.41, 5.74) is 2.06. The number of hydrogen-bond acceptors (Lipinski definition) is 1. The molecule has 0 saturated heterocycles. The molecular formula is C16H17Cl2N. The van der Waals surface area contributed by atoms with Gasteiger partial charge in [-0.2, -0.15) is 0 Å². The molecule has 0 spiro atoms. The van der Waals surface area contributed by atoms with E-state index in [-0.39, 0.29) is 0 Å². The first-order valence-electron chi connectivity index (χ1n) is 7.00. The smallest absolute Gasteiger partial charge is 0.0735 e. The lowest BCUT2D eigenvalue weighted by Gasteiger charge is -2.15. The number of benzene rings is 1. The Morgan fingerprint density at radius 1 is 0.947 bits per heavy atom. The molecule has 0 aliphatic heterocycles. The first-order valence-corrected chi connectivity index (χ1v) is 7.75. The Balaban J connectivity index is 2.03. The highest BCUT2D eigenvalue weighted by molar-refractivity contribution is 6.36. The third kappa shape index (κ3) is 2.88. The number of halogens is 2. The molecule has 1 aromatic carbocycles. The predicted octanol–water partition coefficient (Wildman–Crippen LogP) is 5.98. The van der Waals surface area contributed by atoms with E-state index in [2.05, 4.69) is 0 Å². The maximum absolute atomic E-state index is 6.39. The molecule has 0 amide bonds. The van der Waals surface area contributed by atoms with Crippen molar-refractivity contribution in [2.24, 2.45) is 0 Å². The van der Waals surface area contributed by atoms with E-state index in [4.69, 9.17) is 28.2 Å². The number of rotatable bonds is 1. The largest absolute Gasteiger partial charge is 0.252 e. The molecule has 1 aromatic heterocycles. The molecule has 1 heterocycles. The number of hydrogen-bond donors (Lipinski definition) is 0. The van der Waals surface area contributed by atoms with Gasteiger partial charge in [-0.05, 0) is 37.1 Å². The second kappa shape index (κ2) is 5.68. The molecule has 0 atom stereocenters. The van der Waals surface area contributed by atoms with Crippen molar-refractivity contribution >= 4 is 34.1 Å². The maximum Gasteiger partial charge on any atom is 0.0735 e. The topological polar surface area (TPSA) is 12.9 Å². The molecule has 0 unspecified atom stereocenters. The van der Waals surface area contributed by atoms with Gasteiger partial charge in [0.15, 0.2) is 0 Å². The standard InChI is InChI=1S/C16H17Cl2N/c17-12-7-8-13-14(18)10-15(19-16(13)9-12)11-5-3-1-2-4-6-11/h7-11H,1-6H2. The van der Waals surface area contributed by atoms with Gasteiger partial charge in [-0.15, -0.1) is 0 Å². The fourth-order valence-corrected chi connectivity index (χ4v) is 3.40. The molecule has 1 saturated carbocycles. The van der Waals surface area contributed by atoms with Gasteiger partial charge in [0.05, 0.1) is 10.5 Å². The van der Waals surface area contributed by atoms with E-state index in [9.17, 15) is 0 Å². The molecule has 0 N–H and O–H groups in total. The molecule has 1 nitrogen and oxygen atoms in total. The highest BCUT2D eigenvalue weighted by Gasteiger charge is 2.17. The van der Waals surface area contributed by atoms with Crippen LogP contribution in [0.3, 0.4) is 0 Å². The van der Waals surface area contributed by atoms with Gasteiger partial charge in [0, 0.05) is 22.0 Å². The van der Waals surface area contributed by atoms with Crippen molar-refractivity contribution in [3.8, 4) is 0 Å². The summed E-state index contributed by atoms with van der Waals surface area (Å²) >= 11 is 12.4. The van der Waals surface area contributed by atoms with Crippen LogP contribution in [0.25, 0.3) is 10.9 Å². The molecule has 2 aromatic rings. The normalized spacial score (nSPS) is 17.6. The summed E-state index contributed by atoms with van der Waals surface area (Å²) in [7, 11) is 0. The number of nitrogens with zero attached hydrogens (tertiary/aromatic N) is 1. The summed E-state index contributed by atoms with van der Waals surface area (Å²) in [6.45, 7) is 0. The highest BCUT2D eigenvalue weighted by Crippen LogP contribution is 2.34. The van der Waals surface area contributed by atoms with Crippen molar-refractivity contribution in [3.63, 3.8) is 0 Å². The van der Waals surface area contributed by atoms with Gasteiger partial charge in [0.1, 0.15) is 0 Å². The average Bonchev–Trinajstić information content (AvgIpc) is 2.66. The number of pyridine rings is 1. The maximum atomic E-state index is 6.39. The van der Waals surface area contributed by atoms with E-state index in [1.807, 2.05) is 24.3 Å². The Morgan fingerprint density at radius 2 is 1.68 bits per heavy atom. The van der Waals surface area contributed by atoms with Crippen LogP contribution >= 0.6 is 23.2 Å². The summed E-state index contributed by atoms with van der Waals surface area (Å²) in [5.74, 6) is 0.559. The third-order valence-electron chi connectivity index (χ3n) is 4.01. The minimum absolute atomic E-state index is 0.559. The second-order valence-corrected chi connectivity index (χ2v) is 6.22. The van der Waals surface area contributed by atoms with Crippen molar-refractivity contribution in [2.75, 3.05) is 0 Å². The molecule has 3 rings (SSSR count). The minimum Gasteiger partial charge on any atom is -0.252 e. The number of aromatic nitrogens is 1. The Kier molecular flexibility index (Phi) is 3.95. The van der Waals surface area contributed by atoms with Crippen LogP contribution < -0.4 is 0 Å². The monoisotopic (exact) mass is 293 g/mol. The van der Waals surface area contributed by atoms with Gasteiger partial charge in [-0.3, -0.25) is 4.98 Å². The summed E-state index contributed by atoms with van der Waals surface area (Å²) in [4.78, 5) is 4.79. The van der Waals surface area contributed by atoms with Crippen LogP contribution in [0.2, 0.25) is 10.0 Å². The van der Waals surface area contributed by atoms with E-state index in [0.29, 0.717) is 10.9 Å². The highest BCUT2D eigenvalue weighted by atomic mass is 35.5. The zero-order valence-corrected chi connectivity index (χ0v) is 12.3. The van der Waals surface area contributed by atoms with E-state index in [1.54, 1.807) is 0 Å². The lowest BCUT2D eigenvalue weighted by molar-refractivity contribution is 0.579. The van der Waals surface area contributed by atoms with Gasteiger partial charge in [0.25, 0.3) is 0 Å². The number of fused-ring (bicyclic) bond motifs is 1. The van der Waals surface area contributed by atoms with Crippen LogP contribution in [-0.2, 0) is 0 Å². The van der Waals surface area contributed by atoms with Gasteiger partial charge < -0.3 is 0 Å². The molecule has 1 fully saturated rings. The van der Waals surface area contributed by atoms with Crippen LogP contribution in [0.5, 0.6) is 0 Å². The fourth-order valence-electron chi connectivity index (χ4n) is 2.96. The van der Waals surface area contributed by atoms with Gasteiger partial charge in [0.2, 0.25) is 0 Å². The van der Waals surface area contributed by atoms with Crippen molar-refractivity contribution in [1.29, 1.82) is 0 Å². The Hall–Kier alpha value is -0.790. The zero-order valence-electron chi connectivity index (χ0n) is 10.8. The lowest BCUT2D eigenvalue weighted by Crippen LogP contribution is -2.01. The van der Waals surface area contributed by atoms with Gasteiger partial charge in [-0.1, -0.05) is 48.9 Å². The Labute approximate surface area is 123 Å². The quantitative estimate of drug-likeness (QED) is 0.589. The summed E-state index contributed by atoms with van der Waals surface area (Å²) < 4.78 is 0. The summed E-state index contributed by atoms with van der Waals surface area (Å²) in [6, 6.07) is 7.77. The van der Waals surface area contributed by atoms with Crippen molar-refractivity contribution in [3.05, 3.63) is 40.0 Å². The van der Waals surface area contributed by atoms with Crippen LogP contribution in [0.1, 0.15) is 50.1 Å². The molecule has 19 heavy (non-hydrogen) atoms. The summed E-state index contributed by atoms with van der Waals surface area (Å²) in [5, 5.41) is 2.50. The Morgan fingerprint density at radius 3 is 2.42 bits per heavy atom. The minimum atomic E-state index is 0.559. The molecule has 1 aliphatic carbocycles. The van der Waals surface area contributed by atoms with E-state index >= 15 is 0 Å². The van der Waals surface area contributed by atoms with Gasteiger partial charge in [-0.25, -0.2) is 0 Å². The third-order valence-corrected chi connectivity index (χ3v) is 4.56.